The van der Waals surface area contributed by atoms with Gasteiger partial charge in [-0.05, 0) is 49.3 Å². The van der Waals surface area contributed by atoms with E-state index in [0.717, 1.165) is 24.1 Å². The van der Waals surface area contributed by atoms with Crippen molar-refractivity contribution in [1.82, 2.24) is 20.4 Å². The van der Waals surface area contributed by atoms with Crippen LogP contribution in [-0.4, -0.2) is 47.9 Å². The van der Waals surface area contributed by atoms with Crippen LogP contribution in [0.25, 0.3) is 11.3 Å². The standard InChI is InChI=1S/C26H38N4O4/c1-16(2)12-19(13-24(31)27-18-10-11-18)28-26(32)20-14-21(30(29-20)15-17(3)4)25-22(33-5)8-7-9-23(25)34-6/h7-9,14,16-19H,10-13,15H2,1-6H3,(H,27,31)(H,28,32)/t19-/m0/s1. The Kier molecular flexibility index (Phi) is 8.58. The maximum atomic E-state index is 13.3. The minimum absolute atomic E-state index is 0.0155. The van der Waals surface area contributed by atoms with E-state index in [1.165, 1.54) is 0 Å². The van der Waals surface area contributed by atoms with Crippen LogP contribution in [0.3, 0.4) is 0 Å². The van der Waals surface area contributed by atoms with Gasteiger partial charge in [0.15, 0.2) is 5.69 Å². The lowest BCUT2D eigenvalue weighted by atomic mass is 10.0. The summed E-state index contributed by atoms with van der Waals surface area (Å²) in [4.78, 5) is 25.7. The number of amides is 2. The zero-order valence-corrected chi connectivity index (χ0v) is 21.2. The van der Waals surface area contributed by atoms with Gasteiger partial charge in [0, 0.05) is 25.0 Å². The predicted molar refractivity (Wildman–Crippen MR) is 132 cm³/mol. The minimum atomic E-state index is -0.289. The minimum Gasteiger partial charge on any atom is -0.496 e. The molecule has 0 saturated heterocycles. The molecule has 2 amide bonds. The Balaban J connectivity index is 1.89. The van der Waals surface area contributed by atoms with Gasteiger partial charge in [0.2, 0.25) is 5.91 Å². The van der Waals surface area contributed by atoms with E-state index in [-0.39, 0.29) is 24.3 Å². The number of carbonyl (C=O) groups is 2. The van der Waals surface area contributed by atoms with E-state index in [2.05, 4.69) is 43.4 Å². The molecule has 3 rings (SSSR count). The molecule has 1 aliphatic rings. The summed E-state index contributed by atoms with van der Waals surface area (Å²) >= 11 is 0. The van der Waals surface area contributed by atoms with E-state index < -0.39 is 0 Å². The van der Waals surface area contributed by atoms with Crippen LogP contribution in [-0.2, 0) is 11.3 Å². The van der Waals surface area contributed by atoms with Crippen LogP contribution >= 0.6 is 0 Å². The molecular formula is C26H38N4O4. The molecule has 1 aromatic heterocycles. The van der Waals surface area contributed by atoms with E-state index in [0.29, 0.717) is 48.0 Å². The van der Waals surface area contributed by atoms with E-state index in [4.69, 9.17) is 9.47 Å². The molecule has 1 atom stereocenters. The third kappa shape index (κ3) is 6.74. The maximum Gasteiger partial charge on any atom is 0.272 e. The van der Waals surface area contributed by atoms with Gasteiger partial charge in [0.1, 0.15) is 11.5 Å². The molecule has 2 N–H and O–H groups in total. The highest BCUT2D eigenvalue weighted by atomic mass is 16.5. The molecule has 0 unspecified atom stereocenters. The van der Waals surface area contributed by atoms with Gasteiger partial charge in [-0.15, -0.1) is 0 Å². The fourth-order valence-electron chi connectivity index (χ4n) is 4.08. The van der Waals surface area contributed by atoms with Gasteiger partial charge >= 0.3 is 0 Å². The highest BCUT2D eigenvalue weighted by Gasteiger charge is 2.27. The summed E-state index contributed by atoms with van der Waals surface area (Å²) in [6.45, 7) is 9.00. The lowest BCUT2D eigenvalue weighted by Gasteiger charge is -2.20. The van der Waals surface area contributed by atoms with Gasteiger partial charge in [-0.2, -0.15) is 5.10 Å². The van der Waals surface area contributed by atoms with Crippen LogP contribution in [0.15, 0.2) is 24.3 Å². The average Bonchev–Trinajstić information content (AvgIpc) is 3.48. The van der Waals surface area contributed by atoms with E-state index in [1.807, 2.05) is 22.9 Å². The first-order chi connectivity index (χ1) is 16.2. The zero-order chi connectivity index (χ0) is 24.8. The molecule has 8 nitrogen and oxygen atoms in total. The molecule has 1 fully saturated rings. The Labute approximate surface area is 202 Å². The second-order valence-electron chi connectivity index (χ2n) is 9.87. The summed E-state index contributed by atoms with van der Waals surface area (Å²) < 4.78 is 13.0. The summed E-state index contributed by atoms with van der Waals surface area (Å²) in [6, 6.07) is 7.40. The van der Waals surface area contributed by atoms with Crippen LogP contribution in [0.2, 0.25) is 0 Å². The van der Waals surface area contributed by atoms with Crippen LogP contribution in [0.1, 0.15) is 63.9 Å². The van der Waals surface area contributed by atoms with Crippen molar-refractivity contribution in [3.8, 4) is 22.8 Å². The first-order valence-electron chi connectivity index (χ1n) is 12.1. The van der Waals surface area contributed by atoms with Crippen molar-refractivity contribution in [2.45, 2.75) is 72.0 Å². The van der Waals surface area contributed by atoms with Gasteiger partial charge in [0.05, 0.1) is 25.5 Å². The van der Waals surface area contributed by atoms with Gasteiger partial charge < -0.3 is 20.1 Å². The van der Waals surface area contributed by atoms with Crippen LogP contribution in [0.5, 0.6) is 11.5 Å². The molecule has 1 aliphatic carbocycles. The van der Waals surface area contributed by atoms with Crippen molar-refractivity contribution in [1.29, 1.82) is 0 Å². The van der Waals surface area contributed by atoms with Crippen LogP contribution < -0.4 is 20.1 Å². The quantitative estimate of drug-likeness (QED) is 0.488. The van der Waals surface area contributed by atoms with Gasteiger partial charge in [-0.25, -0.2) is 0 Å². The summed E-state index contributed by atoms with van der Waals surface area (Å²) in [5, 5.41) is 10.7. The number of benzene rings is 1. The Morgan fingerprint density at radius 2 is 1.74 bits per heavy atom. The van der Waals surface area contributed by atoms with Gasteiger partial charge in [0.25, 0.3) is 5.91 Å². The van der Waals surface area contributed by atoms with Crippen molar-refractivity contribution in [3.63, 3.8) is 0 Å². The molecule has 2 aromatic rings. The van der Waals surface area contributed by atoms with Crippen LogP contribution in [0, 0.1) is 11.8 Å². The first-order valence-corrected chi connectivity index (χ1v) is 12.1. The zero-order valence-electron chi connectivity index (χ0n) is 21.2. The molecule has 8 heteroatoms. The molecule has 1 heterocycles. The number of carbonyl (C=O) groups excluding carboxylic acids is 2. The van der Waals surface area contributed by atoms with Crippen molar-refractivity contribution in [2.24, 2.45) is 11.8 Å². The Bertz CT molecular complexity index is 972. The molecule has 1 saturated carbocycles. The van der Waals surface area contributed by atoms with Crippen molar-refractivity contribution in [3.05, 3.63) is 30.0 Å². The lowest BCUT2D eigenvalue weighted by molar-refractivity contribution is -0.121. The maximum absolute atomic E-state index is 13.3. The Morgan fingerprint density at radius 1 is 1.09 bits per heavy atom. The average molecular weight is 471 g/mol. The normalized spacial score (nSPS) is 14.2. The van der Waals surface area contributed by atoms with Crippen molar-refractivity contribution >= 4 is 11.8 Å². The molecule has 0 radical (unpaired) electrons. The summed E-state index contributed by atoms with van der Waals surface area (Å²) in [5.74, 6) is 1.64. The van der Waals surface area contributed by atoms with Gasteiger partial charge in [-0.3, -0.25) is 14.3 Å². The molecular weight excluding hydrogens is 432 g/mol. The SMILES string of the molecule is COc1cccc(OC)c1-c1cc(C(=O)N[C@H](CC(=O)NC2CC2)CC(C)C)nn1CC(C)C. The topological polar surface area (TPSA) is 94.5 Å². The number of nitrogens with one attached hydrogen (secondary N) is 2. The third-order valence-electron chi connectivity index (χ3n) is 5.70. The third-order valence-corrected chi connectivity index (χ3v) is 5.70. The monoisotopic (exact) mass is 470 g/mol. The van der Waals surface area contributed by atoms with E-state index in [1.54, 1.807) is 20.3 Å². The molecule has 186 valence electrons. The number of methoxy groups -OCH3 is 2. The van der Waals surface area contributed by atoms with Crippen molar-refractivity contribution < 1.29 is 19.1 Å². The number of hydrogen-bond acceptors (Lipinski definition) is 5. The summed E-state index contributed by atoms with van der Waals surface area (Å²) in [7, 11) is 3.22. The number of hydrogen-bond donors (Lipinski definition) is 2. The van der Waals surface area contributed by atoms with Gasteiger partial charge in [-0.1, -0.05) is 33.8 Å². The lowest BCUT2D eigenvalue weighted by Crippen LogP contribution is -2.40. The second-order valence-corrected chi connectivity index (χ2v) is 9.87. The largest absolute Gasteiger partial charge is 0.496 e. The molecule has 0 aliphatic heterocycles. The van der Waals surface area contributed by atoms with E-state index >= 15 is 0 Å². The fourth-order valence-corrected chi connectivity index (χ4v) is 4.08. The predicted octanol–water partition coefficient (Wildman–Crippen LogP) is 4.04. The van der Waals surface area contributed by atoms with Crippen molar-refractivity contribution in [2.75, 3.05) is 14.2 Å². The molecule has 0 bridgehead atoms. The summed E-state index contributed by atoms with van der Waals surface area (Å²) in [5.41, 5.74) is 1.81. The summed E-state index contributed by atoms with van der Waals surface area (Å²) in [6.07, 6.45) is 3.05. The van der Waals surface area contributed by atoms with E-state index in [9.17, 15) is 9.59 Å². The molecule has 1 aromatic carbocycles. The highest BCUT2D eigenvalue weighted by Crippen LogP contribution is 2.38. The fraction of sp³-hybridized carbons (Fsp3) is 0.577. The number of aromatic nitrogens is 2. The Morgan fingerprint density at radius 3 is 2.26 bits per heavy atom. The number of ether oxygens (including phenoxy) is 2. The molecule has 0 spiro atoms. The highest BCUT2D eigenvalue weighted by molar-refractivity contribution is 5.94. The number of rotatable bonds is 12. The van der Waals surface area contributed by atoms with Crippen LogP contribution in [0.4, 0.5) is 0 Å². The second kappa shape index (κ2) is 11.4. The molecule has 34 heavy (non-hydrogen) atoms. The number of nitrogens with zero attached hydrogens (tertiary/aromatic N) is 2. The first kappa shape index (κ1) is 25.6. The Hall–Kier alpha value is -3.03. The smallest absolute Gasteiger partial charge is 0.272 e.